The molecule has 0 amide bonds. The molecule has 2 nitrogen and oxygen atoms in total. The number of aromatic nitrogens is 1. The average Bonchev–Trinajstić information content (AvgIpc) is 2.91. The number of hydrogen-bond acceptors (Lipinski definition) is 3. The van der Waals surface area contributed by atoms with Gasteiger partial charge < -0.3 is 5.32 Å². The van der Waals surface area contributed by atoms with Crippen LogP contribution in [0.2, 0.25) is 4.34 Å². The molecular formula is C16H15ClN2S. The summed E-state index contributed by atoms with van der Waals surface area (Å²) < 4.78 is 0.840. The Morgan fingerprint density at radius 1 is 1.20 bits per heavy atom. The summed E-state index contributed by atoms with van der Waals surface area (Å²) in [5.41, 5.74) is 1.28. The lowest BCUT2D eigenvalue weighted by molar-refractivity contribution is 0.583. The first kappa shape index (κ1) is 13.6. The number of pyridine rings is 1. The predicted molar refractivity (Wildman–Crippen MR) is 86.3 cm³/mol. The van der Waals surface area contributed by atoms with Gasteiger partial charge in [0.1, 0.15) is 0 Å². The van der Waals surface area contributed by atoms with Gasteiger partial charge in [-0.15, -0.1) is 11.3 Å². The van der Waals surface area contributed by atoms with E-state index in [9.17, 15) is 0 Å². The van der Waals surface area contributed by atoms with Gasteiger partial charge in [-0.1, -0.05) is 23.7 Å². The Labute approximate surface area is 127 Å². The molecule has 0 aliphatic rings. The van der Waals surface area contributed by atoms with Gasteiger partial charge >= 0.3 is 0 Å². The summed E-state index contributed by atoms with van der Waals surface area (Å²) in [4.78, 5) is 5.40. The molecule has 2 aromatic heterocycles. The van der Waals surface area contributed by atoms with E-state index in [1.54, 1.807) is 11.3 Å². The van der Waals surface area contributed by atoms with Crippen LogP contribution in [-0.4, -0.2) is 4.98 Å². The van der Waals surface area contributed by atoms with E-state index in [-0.39, 0.29) is 0 Å². The SMILES string of the molecule is CC(NCc1ccc2cnccc2c1)c1ccc(Cl)s1. The third-order valence-electron chi connectivity index (χ3n) is 3.34. The smallest absolute Gasteiger partial charge is 0.0931 e. The monoisotopic (exact) mass is 302 g/mol. The fourth-order valence-electron chi connectivity index (χ4n) is 2.18. The summed E-state index contributed by atoms with van der Waals surface area (Å²) in [6, 6.07) is 12.8. The standard InChI is InChI=1S/C16H15ClN2S/c1-11(15-4-5-16(17)20-15)19-9-12-2-3-14-10-18-7-6-13(14)8-12/h2-8,10-11,19H,9H2,1H3. The summed E-state index contributed by atoms with van der Waals surface area (Å²) >= 11 is 7.60. The molecular weight excluding hydrogens is 288 g/mol. The molecule has 0 saturated carbocycles. The first-order valence-corrected chi connectivity index (χ1v) is 7.73. The van der Waals surface area contributed by atoms with Crippen molar-refractivity contribution in [3.63, 3.8) is 0 Å². The van der Waals surface area contributed by atoms with Crippen molar-refractivity contribution < 1.29 is 0 Å². The van der Waals surface area contributed by atoms with Crippen molar-refractivity contribution in [1.29, 1.82) is 0 Å². The Hall–Kier alpha value is -1.42. The molecule has 4 heteroatoms. The largest absolute Gasteiger partial charge is 0.305 e. The van der Waals surface area contributed by atoms with Crippen LogP contribution in [0.5, 0.6) is 0 Å². The molecule has 102 valence electrons. The van der Waals surface area contributed by atoms with E-state index in [2.05, 4.69) is 41.5 Å². The minimum Gasteiger partial charge on any atom is -0.305 e. The molecule has 3 rings (SSSR count). The van der Waals surface area contributed by atoms with E-state index in [0.717, 1.165) is 10.9 Å². The quantitative estimate of drug-likeness (QED) is 0.749. The second-order valence-corrected chi connectivity index (χ2v) is 6.55. The van der Waals surface area contributed by atoms with Crippen molar-refractivity contribution in [3.05, 3.63) is 63.6 Å². The van der Waals surface area contributed by atoms with Gasteiger partial charge in [0, 0.05) is 35.2 Å². The van der Waals surface area contributed by atoms with Gasteiger partial charge in [0.15, 0.2) is 0 Å². The average molecular weight is 303 g/mol. The number of fused-ring (bicyclic) bond motifs is 1. The fourth-order valence-corrected chi connectivity index (χ4v) is 3.26. The zero-order valence-corrected chi connectivity index (χ0v) is 12.7. The normalized spacial score (nSPS) is 12.7. The molecule has 0 saturated heterocycles. The number of nitrogens with one attached hydrogen (secondary N) is 1. The minimum absolute atomic E-state index is 0.306. The summed E-state index contributed by atoms with van der Waals surface area (Å²) in [6.07, 6.45) is 3.72. The molecule has 1 atom stereocenters. The van der Waals surface area contributed by atoms with Gasteiger partial charge in [-0.25, -0.2) is 0 Å². The number of hydrogen-bond donors (Lipinski definition) is 1. The molecule has 0 fully saturated rings. The Balaban J connectivity index is 1.70. The van der Waals surface area contributed by atoms with Crippen molar-refractivity contribution in [2.75, 3.05) is 0 Å². The van der Waals surface area contributed by atoms with Gasteiger partial charge in [0.2, 0.25) is 0 Å². The zero-order valence-electron chi connectivity index (χ0n) is 11.1. The molecule has 0 aliphatic carbocycles. The van der Waals surface area contributed by atoms with Crippen LogP contribution in [-0.2, 0) is 6.54 Å². The van der Waals surface area contributed by atoms with E-state index >= 15 is 0 Å². The van der Waals surface area contributed by atoms with Crippen molar-refractivity contribution >= 4 is 33.7 Å². The van der Waals surface area contributed by atoms with E-state index in [1.165, 1.54) is 21.2 Å². The predicted octanol–water partition coefficient (Wildman–Crippen LogP) is 4.80. The van der Waals surface area contributed by atoms with Crippen LogP contribution in [0.3, 0.4) is 0 Å². The van der Waals surface area contributed by atoms with Crippen LogP contribution in [0.15, 0.2) is 48.8 Å². The third-order valence-corrected chi connectivity index (χ3v) is 4.75. The van der Waals surface area contributed by atoms with Gasteiger partial charge in [-0.2, -0.15) is 0 Å². The van der Waals surface area contributed by atoms with Gasteiger partial charge in [0.25, 0.3) is 0 Å². The van der Waals surface area contributed by atoms with Crippen LogP contribution >= 0.6 is 22.9 Å². The number of rotatable bonds is 4. The zero-order chi connectivity index (χ0) is 13.9. The second-order valence-electron chi connectivity index (χ2n) is 4.80. The number of nitrogens with zero attached hydrogens (tertiary/aromatic N) is 1. The van der Waals surface area contributed by atoms with E-state index in [4.69, 9.17) is 11.6 Å². The summed E-state index contributed by atoms with van der Waals surface area (Å²) in [5, 5.41) is 5.93. The maximum Gasteiger partial charge on any atom is 0.0931 e. The van der Waals surface area contributed by atoms with Crippen molar-refractivity contribution in [2.24, 2.45) is 0 Å². The Bertz CT molecular complexity index is 723. The lowest BCUT2D eigenvalue weighted by Gasteiger charge is -2.12. The van der Waals surface area contributed by atoms with Crippen LogP contribution < -0.4 is 5.32 Å². The van der Waals surface area contributed by atoms with E-state index in [1.807, 2.05) is 24.5 Å². The highest BCUT2D eigenvalue weighted by molar-refractivity contribution is 7.16. The Morgan fingerprint density at radius 3 is 2.90 bits per heavy atom. The molecule has 2 heterocycles. The van der Waals surface area contributed by atoms with E-state index < -0.39 is 0 Å². The Kier molecular flexibility index (Phi) is 4.01. The molecule has 0 aliphatic heterocycles. The number of halogens is 1. The summed E-state index contributed by atoms with van der Waals surface area (Å²) in [5.74, 6) is 0. The molecule has 1 N–H and O–H groups in total. The molecule has 0 bridgehead atoms. The third kappa shape index (κ3) is 3.01. The lowest BCUT2D eigenvalue weighted by atomic mass is 10.1. The maximum absolute atomic E-state index is 5.97. The van der Waals surface area contributed by atoms with E-state index in [0.29, 0.717) is 6.04 Å². The number of benzene rings is 1. The molecule has 0 radical (unpaired) electrons. The van der Waals surface area contributed by atoms with Crippen molar-refractivity contribution in [1.82, 2.24) is 10.3 Å². The molecule has 1 aromatic carbocycles. The highest BCUT2D eigenvalue weighted by Gasteiger charge is 2.07. The first-order chi connectivity index (χ1) is 9.72. The number of thiophene rings is 1. The summed E-state index contributed by atoms with van der Waals surface area (Å²) in [6.45, 7) is 3.00. The summed E-state index contributed by atoms with van der Waals surface area (Å²) in [7, 11) is 0. The van der Waals surface area contributed by atoms with Crippen molar-refractivity contribution in [3.8, 4) is 0 Å². The van der Waals surface area contributed by atoms with Crippen LogP contribution in [0.4, 0.5) is 0 Å². The fraction of sp³-hybridized carbons (Fsp3) is 0.188. The molecule has 20 heavy (non-hydrogen) atoms. The van der Waals surface area contributed by atoms with Crippen LogP contribution in [0.1, 0.15) is 23.4 Å². The first-order valence-electron chi connectivity index (χ1n) is 6.53. The van der Waals surface area contributed by atoms with Crippen LogP contribution in [0, 0.1) is 0 Å². The van der Waals surface area contributed by atoms with Crippen LogP contribution in [0.25, 0.3) is 10.8 Å². The lowest BCUT2D eigenvalue weighted by Crippen LogP contribution is -2.17. The molecule has 1 unspecified atom stereocenters. The topological polar surface area (TPSA) is 24.9 Å². The van der Waals surface area contributed by atoms with Gasteiger partial charge in [0.05, 0.1) is 4.34 Å². The highest BCUT2D eigenvalue weighted by Crippen LogP contribution is 2.26. The Morgan fingerprint density at radius 2 is 2.10 bits per heavy atom. The second kappa shape index (κ2) is 5.92. The minimum atomic E-state index is 0.306. The van der Waals surface area contributed by atoms with Crippen molar-refractivity contribution in [2.45, 2.75) is 19.5 Å². The van der Waals surface area contributed by atoms with Gasteiger partial charge in [-0.3, -0.25) is 4.98 Å². The molecule has 3 aromatic rings. The molecule has 0 spiro atoms. The van der Waals surface area contributed by atoms with Gasteiger partial charge in [-0.05, 0) is 42.1 Å². The highest BCUT2D eigenvalue weighted by atomic mass is 35.5. The maximum atomic E-state index is 5.97.